The molecule has 0 fully saturated rings. The molecule has 3 heteroatoms. The number of rotatable bonds is 2. The summed E-state index contributed by atoms with van der Waals surface area (Å²) in [6.07, 6.45) is 0. The maximum atomic E-state index is 9.65. The topological polar surface area (TPSA) is 49.7 Å². The molecule has 24 heavy (non-hydrogen) atoms. The normalized spacial score (nSPS) is 14.9. The molecular weight excluding hydrogens is 300 g/mol. The van der Waals surface area contributed by atoms with E-state index in [-0.39, 0.29) is 11.5 Å². The van der Waals surface area contributed by atoms with E-state index in [4.69, 9.17) is 4.74 Å². The summed E-state index contributed by atoms with van der Waals surface area (Å²) in [6, 6.07) is 21.9. The Bertz CT molecular complexity index is 863. The average molecular weight is 316 g/mol. The number of ether oxygens (including phenoxy) is 1. The Morgan fingerprint density at radius 3 is 1.75 bits per heavy atom. The third kappa shape index (κ3) is 1.98. The largest absolute Gasteiger partial charge is 0.508 e. The van der Waals surface area contributed by atoms with Crippen LogP contribution in [0.2, 0.25) is 0 Å². The fourth-order valence-electron chi connectivity index (χ4n) is 3.32. The van der Waals surface area contributed by atoms with Crippen LogP contribution in [-0.4, -0.2) is 10.2 Å². The van der Waals surface area contributed by atoms with E-state index in [0.29, 0.717) is 5.76 Å². The molecule has 2 N–H and O–H groups in total. The van der Waals surface area contributed by atoms with Gasteiger partial charge in [-0.25, -0.2) is 0 Å². The smallest absolute Gasteiger partial charge is 0.185 e. The zero-order chi connectivity index (χ0) is 16.7. The van der Waals surface area contributed by atoms with Crippen LogP contribution in [0.5, 0.6) is 11.5 Å². The molecule has 0 unspecified atom stereocenters. The van der Waals surface area contributed by atoms with Gasteiger partial charge in [-0.05, 0) is 24.3 Å². The van der Waals surface area contributed by atoms with Gasteiger partial charge in [0.05, 0.1) is 0 Å². The van der Waals surface area contributed by atoms with Crippen molar-refractivity contribution in [3.8, 4) is 11.5 Å². The summed E-state index contributed by atoms with van der Waals surface area (Å²) in [4.78, 5) is 0. The van der Waals surface area contributed by atoms with Crippen LogP contribution in [0.25, 0.3) is 5.76 Å². The monoisotopic (exact) mass is 316 g/mol. The number of hydrogen-bond acceptors (Lipinski definition) is 3. The predicted octanol–water partition coefficient (Wildman–Crippen LogP) is 4.39. The Labute approximate surface area is 140 Å². The first-order chi connectivity index (χ1) is 11.6. The molecule has 0 aromatic heterocycles. The van der Waals surface area contributed by atoms with Gasteiger partial charge in [0, 0.05) is 22.3 Å². The number of fused-ring (bicyclic) bond motifs is 1. The molecular formula is C21H16O3. The standard InChI is InChI=1S/C21H16O3/c1-14-19-4-2-3-5-20(19)21(24-14,15-6-10-17(22)11-7-15)16-8-12-18(23)13-9-16/h2-13,22-23H,1H2. The summed E-state index contributed by atoms with van der Waals surface area (Å²) in [5.74, 6) is 1.00. The van der Waals surface area contributed by atoms with Crippen molar-refractivity contribution >= 4 is 5.76 Å². The zero-order valence-electron chi connectivity index (χ0n) is 12.9. The minimum atomic E-state index is -0.852. The Kier molecular flexibility index (Phi) is 3.10. The van der Waals surface area contributed by atoms with Crippen LogP contribution in [0.4, 0.5) is 0 Å². The number of phenolic OH excluding ortho intramolecular Hbond substituents is 2. The summed E-state index contributed by atoms with van der Waals surface area (Å²) >= 11 is 0. The Balaban J connectivity index is 2.03. The van der Waals surface area contributed by atoms with Crippen LogP contribution in [-0.2, 0) is 10.3 Å². The lowest BCUT2D eigenvalue weighted by molar-refractivity contribution is 0.139. The van der Waals surface area contributed by atoms with E-state index in [2.05, 4.69) is 6.58 Å². The first kappa shape index (κ1) is 14.4. The van der Waals surface area contributed by atoms with Crippen molar-refractivity contribution in [2.75, 3.05) is 0 Å². The third-order valence-corrected chi connectivity index (χ3v) is 4.43. The van der Waals surface area contributed by atoms with Gasteiger partial charge in [-0.15, -0.1) is 0 Å². The van der Waals surface area contributed by atoms with Gasteiger partial charge in [-0.3, -0.25) is 0 Å². The molecule has 0 amide bonds. The molecule has 0 atom stereocenters. The van der Waals surface area contributed by atoms with E-state index in [0.717, 1.165) is 22.3 Å². The van der Waals surface area contributed by atoms with E-state index >= 15 is 0 Å². The summed E-state index contributed by atoms with van der Waals surface area (Å²) in [5, 5.41) is 19.3. The molecule has 4 rings (SSSR count). The molecule has 3 aromatic rings. The van der Waals surface area contributed by atoms with Gasteiger partial charge in [-0.1, -0.05) is 55.1 Å². The highest BCUT2D eigenvalue weighted by atomic mass is 16.5. The third-order valence-electron chi connectivity index (χ3n) is 4.43. The molecule has 0 bridgehead atoms. The second-order valence-corrected chi connectivity index (χ2v) is 5.85. The molecule has 0 saturated heterocycles. The van der Waals surface area contributed by atoms with Crippen molar-refractivity contribution in [1.82, 2.24) is 0 Å². The van der Waals surface area contributed by atoms with Gasteiger partial charge < -0.3 is 14.9 Å². The highest BCUT2D eigenvalue weighted by Gasteiger charge is 2.45. The number of aromatic hydroxyl groups is 2. The fraction of sp³-hybridized carbons (Fsp3) is 0.0476. The van der Waals surface area contributed by atoms with Crippen LogP contribution in [0, 0.1) is 0 Å². The van der Waals surface area contributed by atoms with Crippen molar-refractivity contribution in [1.29, 1.82) is 0 Å². The quantitative estimate of drug-likeness (QED) is 0.737. The molecule has 0 spiro atoms. The Hall–Kier alpha value is -3.20. The molecule has 0 aliphatic carbocycles. The van der Waals surface area contributed by atoms with Crippen molar-refractivity contribution in [3.63, 3.8) is 0 Å². The van der Waals surface area contributed by atoms with E-state index in [1.54, 1.807) is 24.3 Å². The first-order valence-corrected chi connectivity index (χ1v) is 7.68. The van der Waals surface area contributed by atoms with Crippen LogP contribution in [0.3, 0.4) is 0 Å². The maximum Gasteiger partial charge on any atom is 0.185 e. The van der Waals surface area contributed by atoms with Crippen LogP contribution in [0.1, 0.15) is 22.3 Å². The summed E-state index contributed by atoms with van der Waals surface area (Å²) in [6.45, 7) is 4.06. The molecule has 1 aliphatic rings. The first-order valence-electron chi connectivity index (χ1n) is 7.68. The van der Waals surface area contributed by atoms with Crippen molar-refractivity contribution in [3.05, 3.63) is 102 Å². The minimum Gasteiger partial charge on any atom is -0.508 e. The molecule has 3 nitrogen and oxygen atoms in total. The zero-order valence-corrected chi connectivity index (χ0v) is 12.9. The molecule has 1 heterocycles. The Morgan fingerprint density at radius 2 is 1.21 bits per heavy atom. The Morgan fingerprint density at radius 1 is 0.708 bits per heavy atom. The second kappa shape index (κ2) is 5.17. The van der Waals surface area contributed by atoms with Crippen LogP contribution >= 0.6 is 0 Å². The van der Waals surface area contributed by atoms with E-state index in [9.17, 15) is 10.2 Å². The highest BCUT2D eigenvalue weighted by molar-refractivity contribution is 5.72. The van der Waals surface area contributed by atoms with E-state index < -0.39 is 5.60 Å². The minimum absolute atomic E-state index is 0.199. The number of benzene rings is 3. The number of hydrogen-bond donors (Lipinski definition) is 2. The second-order valence-electron chi connectivity index (χ2n) is 5.85. The van der Waals surface area contributed by atoms with Gasteiger partial charge in [0.25, 0.3) is 0 Å². The average Bonchev–Trinajstić information content (AvgIpc) is 2.91. The molecule has 118 valence electrons. The molecule has 0 saturated carbocycles. The lowest BCUT2D eigenvalue weighted by Crippen LogP contribution is -2.28. The summed E-state index contributed by atoms with van der Waals surface area (Å²) < 4.78 is 6.31. The lowest BCUT2D eigenvalue weighted by Gasteiger charge is -2.31. The van der Waals surface area contributed by atoms with Crippen molar-refractivity contribution in [2.45, 2.75) is 5.60 Å². The molecule has 3 aromatic carbocycles. The maximum absolute atomic E-state index is 9.65. The number of phenols is 2. The van der Waals surface area contributed by atoms with Crippen LogP contribution < -0.4 is 0 Å². The predicted molar refractivity (Wildman–Crippen MR) is 92.7 cm³/mol. The van der Waals surface area contributed by atoms with Gasteiger partial charge in [0.15, 0.2) is 5.60 Å². The molecule has 1 aliphatic heterocycles. The summed E-state index contributed by atoms with van der Waals surface area (Å²) in [5.41, 5.74) is 2.87. The lowest BCUT2D eigenvalue weighted by atomic mass is 9.80. The molecule has 0 radical (unpaired) electrons. The van der Waals surface area contributed by atoms with Gasteiger partial charge >= 0.3 is 0 Å². The van der Waals surface area contributed by atoms with E-state index in [1.165, 1.54) is 0 Å². The van der Waals surface area contributed by atoms with E-state index in [1.807, 2.05) is 48.5 Å². The van der Waals surface area contributed by atoms with Crippen LogP contribution in [0.15, 0.2) is 79.4 Å². The van der Waals surface area contributed by atoms with Crippen molar-refractivity contribution in [2.24, 2.45) is 0 Å². The van der Waals surface area contributed by atoms with Gasteiger partial charge in [-0.2, -0.15) is 0 Å². The van der Waals surface area contributed by atoms with Gasteiger partial charge in [0.1, 0.15) is 17.3 Å². The van der Waals surface area contributed by atoms with Crippen molar-refractivity contribution < 1.29 is 14.9 Å². The SMILES string of the molecule is C=C1OC(c2ccc(O)cc2)(c2ccc(O)cc2)c2ccccc21. The fourth-order valence-corrected chi connectivity index (χ4v) is 3.32. The summed E-state index contributed by atoms with van der Waals surface area (Å²) in [7, 11) is 0. The highest BCUT2D eigenvalue weighted by Crippen LogP contribution is 2.50. The van der Waals surface area contributed by atoms with Gasteiger partial charge in [0.2, 0.25) is 0 Å².